The van der Waals surface area contributed by atoms with Crippen molar-refractivity contribution in [3.63, 3.8) is 0 Å². The number of amides is 1. The SMILES string of the molecule is COc1ccc(Cl)cc1N([C@@H](C)C(=O)NCc1ccc(CN2CCOCC2)cc1)S(C)(=O)=O. The van der Waals surface area contributed by atoms with Gasteiger partial charge in [0.05, 0.1) is 32.3 Å². The smallest absolute Gasteiger partial charge is 0.243 e. The fourth-order valence-electron chi connectivity index (χ4n) is 3.73. The number of hydrogen-bond acceptors (Lipinski definition) is 6. The van der Waals surface area contributed by atoms with Crippen LogP contribution in [0.2, 0.25) is 5.02 Å². The molecule has 0 aliphatic carbocycles. The van der Waals surface area contributed by atoms with Gasteiger partial charge in [-0.3, -0.25) is 14.0 Å². The molecule has 1 aliphatic rings. The number of carbonyl (C=O) groups excluding carboxylic acids is 1. The second-order valence-electron chi connectivity index (χ2n) is 7.97. The molecule has 0 radical (unpaired) electrons. The lowest BCUT2D eigenvalue weighted by molar-refractivity contribution is -0.122. The Morgan fingerprint density at radius 2 is 1.82 bits per heavy atom. The van der Waals surface area contributed by atoms with Crippen LogP contribution in [0.4, 0.5) is 5.69 Å². The van der Waals surface area contributed by atoms with Crippen molar-refractivity contribution < 1.29 is 22.7 Å². The third-order valence-electron chi connectivity index (χ3n) is 5.47. The van der Waals surface area contributed by atoms with Gasteiger partial charge in [0.15, 0.2) is 0 Å². The van der Waals surface area contributed by atoms with Crippen LogP contribution in [-0.4, -0.2) is 64.9 Å². The summed E-state index contributed by atoms with van der Waals surface area (Å²) >= 11 is 6.08. The molecule has 180 valence electrons. The Bertz CT molecular complexity index is 1060. The van der Waals surface area contributed by atoms with E-state index in [-0.39, 0.29) is 12.2 Å². The number of sulfonamides is 1. The van der Waals surface area contributed by atoms with Crippen LogP contribution >= 0.6 is 11.6 Å². The van der Waals surface area contributed by atoms with Crippen LogP contribution in [0.1, 0.15) is 18.1 Å². The molecular weight excluding hydrogens is 466 g/mol. The highest BCUT2D eigenvalue weighted by molar-refractivity contribution is 7.92. The van der Waals surface area contributed by atoms with Crippen LogP contribution in [0.3, 0.4) is 0 Å². The lowest BCUT2D eigenvalue weighted by atomic mass is 10.1. The van der Waals surface area contributed by atoms with E-state index >= 15 is 0 Å². The Morgan fingerprint density at radius 3 is 2.42 bits per heavy atom. The third-order valence-corrected chi connectivity index (χ3v) is 6.93. The van der Waals surface area contributed by atoms with Crippen molar-refractivity contribution >= 4 is 33.2 Å². The van der Waals surface area contributed by atoms with Gasteiger partial charge in [0.2, 0.25) is 15.9 Å². The predicted octanol–water partition coefficient (Wildman–Crippen LogP) is 2.65. The largest absolute Gasteiger partial charge is 0.495 e. The van der Waals surface area contributed by atoms with E-state index in [1.165, 1.54) is 25.7 Å². The van der Waals surface area contributed by atoms with Gasteiger partial charge in [-0.2, -0.15) is 0 Å². The molecular formula is C23H30ClN3O5S. The molecule has 0 aromatic heterocycles. The van der Waals surface area contributed by atoms with Gasteiger partial charge in [-0.05, 0) is 36.2 Å². The van der Waals surface area contributed by atoms with Gasteiger partial charge in [-0.1, -0.05) is 35.9 Å². The van der Waals surface area contributed by atoms with Gasteiger partial charge >= 0.3 is 0 Å². The molecule has 1 N–H and O–H groups in total. The fraction of sp³-hybridized carbons (Fsp3) is 0.435. The van der Waals surface area contributed by atoms with Crippen LogP contribution in [0.25, 0.3) is 0 Å². The van der Waals surface area contributed by atoms with Gasteiger partial charge in [-0.15, -0.1) is 0 Å². The van der Waals surface area contributed by atoms with Crippen molar-refractivity contribution in [3.05, 3.63) is 58.6 Å². The highest BCUT2D eigenvalue weighted by Gasteiger charge is 2.31. The summed E-state index contributed by atoms with van der Waals surface area (Å²) in [6.07, 6.45) is 1.05. The Morgan fingerprint density at radius 1 is 1.18 bits per heavy atom. The average Bonchev–Trinajstić information content (AvgIpc) is 2.78. The van der Waals surface area contributed by atoms with Gasteiger partial charge < -0.3 is 14.8 Å². The molecule has 1 saturated heterocycles. The average molecular weight is 496 g/mol. The minimum absolute atomic E-state index is 0.211. The standard InChI is InChI=1S/C23H30ClN3O5S/c1-17(27(33(3,29)30)21-14-20(24)8-9-22(21)31-2)23(28)25-15-18-4-6-19(7-5-18)16-26-10-12-32-13-11-26/h4-9,14,17H,10-13,15-16H2,1-3H3,(H,25,28)/t17-/m0/s1. The number of anilines is 1. The number of halogens is 1. The Hall–Kier alpha value is -2.33. The molecule has 1 aliphatic heterocycles. The van der Waals surface area contributed by atoms with Crippen LogP contribution < -0.4 is 14.4 Å². The zero-order chi connectivity index (χ0) is 24.0. The molecule has 1 amide bonds. The van der Waals surface area contributed by atoms with Gasteiger partial charge in [0.1, 0.15) is 11.8 Å². The maximum atomic E-state index is 12.9. The number of rotatable bonds is 9. The Balaban J connectivity index is 1.66. The summed E-state index contributed by atoms with van der Waals surface area (Å²) in [4.78, 5) is 15.2. The highest BCUT2D eigenvalue weighted by atomic mass is 35.5. The van der Waals surface area contributed by atoms with Crippen molar-refractivity contribution in [2.45, 2.75) is 26.1 Å². The van der Waals surface area contributed by atoms with E-state index in [0.29, 0.717) is 10.8 Å². The van der Waals surface area contributed by atoms with Crippen molar-refractivity contribution in [1.82, 2.24) is 10.2 Å². The monoisotopic (exact) mass is 495 g/mol. The van der Waals surface area contributed by atoms with Crippen LogP contribution in [0, 0.1) is 0 Å². The van der Waals surface area contributed by atoms with E-state index in [1.807, 2.05) is 24.3 Å². The zero-order valence-electron chi connectivity index (χ0n) is 19.1. The van der Waals surface area contributed by atoms with Crippen LogP contribution in [0.15, 0.2) is 42.5 Å². The normalized spacial score (nSPS) is 15.6. The first-order valence-corrected chi connectivity index (χ1v) is 12.9. The second kappa shape index (κ2) is 11.2. The molecule has 2 aromatic carbocycles. The molecule has 0 unspecified atom stereocenters. The topological polar surface area (TPSA) is 88.2 Å². The van der Waals surface area contributed by atoms with E-state index in [1.54, 1.807) is 12.1 Å². The Kier molecular flexibility index (Phi) is 8.58. The van der Waals surface area contributed by atoms with E-state index in [9.17, 15) is 13.2 Å². The molecule has 10 heteroatoms. The minimum atomic E-state index is -3.79. The van der Waals surface area contributed by atoms with E-state index in [0.717, 1.165) is 49.0 Å². The number of benzene rings is 2. The number of morpholine rings is 1. The molecule has 1 fully saturated rings. The van der Waals surface area contributed by atoms with Crippen molar-refractivity contribution in [2.24, 2.45) is 0 Å². The number of methoxy groups -OCH3 is 1. The molecule has 3 rings (SSSR count). The quantitative estimate of drug-likeness (QED) is 0.575. The maximum Gasteiger partial charge on any atom is 0.243 e. The first-order chi connectivity index (χ1) is 15.7. The number of hydrogen-bond donors (Lipinski definition) is 1. The molecule has 33 heavy (non-hydrogen) atoms. The third kappa shape index (κ3) is 6.83. The summed E-state index contributed by atoms with van der Waals surface area (Å²) in [5.74, 6) is -0.125. The van der Waals surface area contributed by atoms with Crippen molar-refractivity contribution in [1.29, 1.82) is 0 Å². The minimum Gasteiger partial charge on any atom is -0.495 e. The summed E-state index contributed by atoms with van der Waals surface area (Å²) in [5, 5.41) is 3.17. The van der Waals surface area contributed by atoms with Crippen molar-refractivity contribution in [2.75, 3.05) is 44.0 Å². The molecule has 0 bridgehead atoms. The van der Waals surface area contributed by atoms with Crippen molar-refractivity contribution in [3.8, 4) is 5.75 Å². The lowest BCUT2D eigenvalue weighted by Crippen LogP contribution is -2.47. The molecule has 2 aromatic rings. The summed E-state index contributed by atoms with van der Waals surface area (Å²) in [7, 11) is -2.36. The van der Waals surface area contributed by atoms with Gasteiger partial charge in [-0.25, -0.2) is 8.42 Å². The molecule has 1 atom stereocenters. The van der Waals surface area contributed by atoms with Crippen LogP contribution in [-0.2, 0) is 32.6 Å². The van der Waals surface area contributed by atoms with E-state index in [4.69, 9.17) is 21.1 Å². The Labute approximate surface area is 200 Å². The highest BCUT2D eigenvalue weighted by Crippen LogP contribution is 2.34. The van der Waals surface area contributed by atoms with E-state index < -0.39 is 22.0 Å². The first-order valence-electron chi connectivity index (χ1n) is 10.7. The van der Waals surface area contributed by atoms with Crippen LogP contribution in [0.5, 0.6) is 5.75 Å². The molecule has 1 heterocycles. The lowest BCUT2D eigenvalue weighted by Gasteiger charge is -2.29. The molecule has 0 spiro atoms. The summed E-state index contributed by atoms with van der Waals surface area (Å²) in [6, 6.07) is 11.6. The number of carbonyl (C=O) groups is 1. The van der Waals surface area contributed by atoms with E-state index in [2.05, 4.69) is 10.2 Å². The second-order valence-corrected chi connectivity index (χ2v) is 10.3. The number of nitrogens with one attached hydrogen (secondary N) is 1. The number of ether oxygens (including phenoxy) is 2. The summed E-state index contributed by atoms with van der Waals surface area (Å²) in [6.45, 7) is 6.03. The molecule has 0 saturated carbocycles. The van der Waals surface area contributed by atoms with Gasteiger partial charge in [0, 0.05) is 31.2 Å². The maximum absolute atomic E-state index is 12.9. The zero-order valence-corrected chi connectivity index (χ0v) is 20.7. The first kappa shape index (κ1) is 25.3. The fourth-order valence-corrected chi connectivity index (χ4v) is 5.07. The summed E-state index contributed by atoms with van der Waals surface area (Å²) < 4.78 is 36.8. The van der Waals surface area contributed by atoms with Gasteiger partial charge in [0.25, 0.3) is 0 Å². The predicted molar refractivity (Wildman–Crippen MR) is 129 cm³/mol. The summed E-state index contributed by atoms with van der Waals surface area (Å²) in [5.41, 5.74) is 2.33. The molecule has 8 nitrogen and oxygen atoms in total. The number of nitrogens with zero attached hydrogens (tertiary/aromatic N) is 2.